The molecule has 2 aliphatic heterocycles. The van der Waals surface area contributed by atoms with E-state index in [1.54, 1.807) is 0 Å². The molecule has 0 saturated carbocycles. The second kappa shape index (κ2) is 6.43. The lowest BCUT2D eigenvalue weighted by Gasteiger charge is -2.40. The highest BCUT2D eigenvalue weighted by Gasteiger charge is 2.41. The third kappa shape index (κ3) is 2.86. The van der Waals surface area contributed by atoms with E-state index in [2.05, 4.69) is 49.2 Å². The summed E-state index contributed by atoms with van der Waals surface area (Å²) in [6.45, 7) is 7.02. The number of ether oxygens (including phenoxy) is 2. The molecule has 0 fully saturated rings. The molecule has 4 rings (SSSR count). The summed E-state index contributed by atoms with van der Waals surface area (Å²) in [5.41, 5.74) is 3.47. The molecule has 0 saturated heterocycles. The summed E-state index contributed by atoms with van der Waals surface area (Å²) in [7, 11) is 0. The zero-order valence-electron chi connectivity index (χ0n) is 15.0. The van der Waals surface area contributed by atoms with E-state index in [0.29, 0.717) is 12.5 Å². The molecule has 2 aromatic carbocycles. The zero-order chi connectivity index (χ0) is 17.4. The monoisotopic (exact) mass is 336 g/mol. The molecule has 2 heterocycles. The Morgan fingerprint density at radius 3 is 2.72 bits per heavy atom. The van der Waals surface area contributed by atoms with Crippen molar-refractivity contribution in [3.63, 3.8) is 0 Å². The first-order valence-corrected chi connectivity index (χ1v) is 9.02. The minimum atomic E-state index is -0.0448. The maximum atomic E-state index is 6.29. The normalized spacial score (nSPS) is 21.4. The summed E-state index contributed by atoms with van der Waals surface area (Å²) < 4.78 is 12.0. The molecule has 0 bridgehead atoms. The highest BCUT2D eigenvalue weighted by Crippen LogP contribution is 2.45. The first kappa shape index (κ1) is 16.0. The van der Waals surface area contributed by atoms with Gasteiger partial charge in [0, 0.05) is 17.9 Å². The van der Waals surface area contributed by atoms with Gasteiger partial charge in [-0.15, -0.1) is 0 Å². The molecular formula is C21H24N2O2. The Bertz CT molecular complexity index is 786. The van der Waals surface area contributed by atoms with Crippen LogP contribution < -0.4 is 9.47 Å². The van der Waals surface area contributed by atoms with E-state index in [1.807, 2.05) is 25.1 Å². The van der Waals surface area contributed by atoms with E-state index in [-0.39, 0.29) is 12.3 Å². The fourth-order valence-electron chi connectivity index (χ4n) is 3.60. The molecule has 0 N–H and O–H groups in total. The molecule has 4 nitrogen and oxygen atoms in total. The Labute approximate surface area is 149 Å². The average molecular weight is 336 g/mol. The van der Waals surface area contributed by atoms with Crippen LogP contribution in [0, 0.1) is 5.92 Å². The van der Waals surface area contributed by atoms with Gasteiger partial charge in [0.15, 0.2) is 6.23 Å². The standard InChI is InChI=1S/C21H24N2O2/c1-4-24-16-10-11-20-17(12-16)19-13-18(15-8-6-5-7-9-15)22-23(19)21(25-20)14(2)3/h5-12,14,19,21H,4,13H2,1-3H3/t19-,21+/m0/s1. The minimum absolute atomic E-state index is 0.0448. The van der Waals surface area contributed by atoms with Crippen LogP contribution >= 0.6 is 0 Å². The van der Waals surface area contributed by atoms with Crippen LogP contribution in [0.1, 0.15) is 44.4 Å². The molecule has 0 unspecified atom stereocenters. The Kier molecular flexibility index (Phi) is 4.12. The maximum absolute atomic E-state index is 6.29. The van der Waals surface area contributed by atoms with Gasteiger partial charge in [-0.25, -0.2) is 5.01 Å². The van der Waals surface area contributed by atoms with Crippen molar-refractivity contribution in [3.8, 4) is 11.5 Å². The molecule has 2 atom stereocenters. The quantitative estimate of drug-likeness (QED) is 0.817. The summed E-state index contributed by atoms with van der Waals surface area (Å²) in [4.78, 5) is 0. The fraction of sp³-hybridized carbons (Fsp3) is 0.381. The van der Waals surface area contributed by atoms with Crippen LogP contribution in [0.5, 0.6) is 11.5 Å². The first-order chi connectivity index (χ1) is 12.2. The van der Waals surface area contributed by atoms with Crippen LogP contribution in [0.2, 0.25) is 0 Å². The summed E-state index contributed by atoms with van der Waals surface area (Å²) in [6.07, 6.45) is 0.843. The fourth-order valence-corrected chi connectivity index (χ4v) is 3.60. The number of hydrazone groups is 1. The van der Waals surface area contributed by atoms with Gasteiger partial charge in [0.2, 0.25) is 0 Å². The van der Waals surface area contributed by atoms with Crippen LogP contribution in [0.4, 0.5) is 0 Å². The van der Waals surface area contributed by atoms with Crippen molar-refractivity contribution in [1.82, 2.24) is 5.01 Å². The SMILES string of the molecule is CCOc1ccc2c(c1)[C@@H]1CC(c3ccccc3)=NN1[C@@H](C(C)C)O2. The topological polar surface area (TPSA) is 34.1 Å². The first-order valence-electron chi connectivity index (χ1n) is 9.02. The number of rotatable bonds is 4. The molecule has 0 spiro atoms. The molecule has 2 aliphatic rings. The highest BCUT2D eigenvalue weighted by molar-refractivity contribution is 6.01. The van der Waals surface area contributed by atoms with Crippen LogP contribution in [0.3, 0.4) is 0 Å². The molecular weight excluding hydrogens is 312 g/mol. The summed E-state index contributed by atoms with van der Waals surface area (Å²) in [6, 6.07) is 16.7. The van der Waals surface area contributed by atoms with E-state index in [1.165, 1.54) is 5.56 Å². The van der Waals surface area contributed by atoms with E-state index < -0.39 is 0 Å². The number of benzene rings is 2. The molecule has 0 aromatic heterocycles. The van der Waals surface area contributed by atoms with Crippen LogP contribution in [-0.2, 0) is 0 Å². The van der Waals surface area contributed by atoms with Crippen LogP contribution in [-0.4, -0.2) is 23.6 Å². The molecule has 4 heteroatoms. The lowest BCUT2D eigenvalue weighted by atomic mass is 9.95. The van der Waals surface area contributed by atoms with E-state index >= 15 is 0 Å². The molecule has 25 heavy (non-hydrogen) atoms. The van der Waals surface area contributed by atoms with Crippen molar-refractivity contribution in [3.05, 3.63) is 59.7 Å². The Morgan fingerprint density at radius 1 is 1.20 bits per heavy atom. The molecule has 0 radical (unpaired) electrons. The predicted octanol–water partition coefficient (Wildman–Crippen LogP) is 4.61. The van der Waals surface area contributed by atoms with Gasteiger partial charge in [-0.2, -0.15) is 5.10 Å². The third-order valence-corrected chi connectivity index (χ3v) is 4.78. The van der Waals surface area contributed by atoms with Gasteiger partial charge < -0.3 is 9.47 Å². The van der Waals surface area contributed by atoms with Gasteiger partial charge in [-0.1, -0.05) is 44.2 Å². The van der Waals surface area contributed by atoms with E-state index in [4.69, 9.17) is 14.6 Å². The van der Waals surface area contributed by atoms with Gasteiger partial charge in [-0.3, -0.25) is 0 Å². The van der Waals surface area contributed by atoms with Crippen molar-refractivity contribution in [1.29, 1.82) is 0 Å². The van der Waals surface area contributed by atoms with Crippen molar-refractivity contribution in [2.24, 2.45) is 11.0 Å². The molecule has 0 aliphatic carbocycles. The van der Waals surface area contributed by atoms with E-state index in [9.17, 15) is 0 Å². The molecule has 2 aromatic rings. The Hall–Kier alpha value is -2.49. The lowest BCUT2D eigenvalue weighted by Crippen LogP contribution is -2.43. The highest BCUT2D eigenvalue weighted by atomic mass is 16.5. The number of fused-ring (bicyclic) bond motifs is 3. The summed E-state index contributed by atoms with van der Waals surface area (Å²) in [5.74, 6) is 2.19. The van der Waals surface area contributed by atoms with E-state index in [0.717, 1.165) is 29.2 Å². The summed E-state index contributed by atoms with van der Waals surface area (Å²) in [5, 5.41) is 7.09. The number of hydrogen-bond acceptors (Lipinski definition) is 4. The average Bonchev–Trinajstić information content (AvgIpc) is 3.07. The van der Waals surface area contributed by atoms with Crippen molar-refractivity contribution in [2.75, 3.05) is 6.61 Å². The van der Waals surface area contributed by atoms with Crippen molar-refractivity contribution < 1.29 is 9.47 Å². The largest absolute Gasteiger partial charge is 0.494 e. The van der Waals surface area contributed by atoms with Crippen LogP contribution in [0.25, 0.3) is 0 Å². The molecule has 0 amide bonds. The molecule has 130 valence electrons. The third-order valence-electron chi connectivity index (χ3n) is 4.78. The van der Waals surface area contributed by atoms with Crippen molar-refractivity contribution >= 4 is 5.71 Å². The summed E-state index contributed by atoms with van der Waals surface area (Å²) >= 11 is 0. The van der Waals surface area contributed by atoms with Crippen LogP contribution in [0.15, 0.2) is 53.6 Å². The van der Waals surface area contributed by atoms with Gasteiger partial charge in [0.25, 0.3) is 0 Å². The zero-order valence-corrected chi connectivity index (χ0v) is 15.0. The van der Waals surface area contributed by atoms with Gasteiger partial charge in [0.1, 0.15) is 11.5 Å². The second-order valence-corrected chi connectivity index (χ2v) is 6.90. The Balaban J connectivity index is 1.73. The van der Waals surface area contributed by atoms with Gasteiger partial charge in [-0.05, 0) is 30.7 Å². The smallest absolute Gasteiger partial charge is 0.190 e. The Morgan fingerprint density at radius 2 is 2.00 bits per heavy atom. The predicted molar refractivity (Wildman–Crippen MR) is 99.0 cm³/mol. The van der Waals surface area contributed by atoms with Gasteiger partial charge in [0.05, 0.1) is 18.4 Å². The second-order valence-electron chi connectivity index (χ2n) is 6.90. The lowest BCUT2D eigenvalue weighted by molar-refractivity contribution is -0.0462. The number of nitrogens with zero attached hydrogens (tertiary/aromatic N) is 2. The van der Waals surface area contributed by atoms with Crippen molar-refractivity contribution in [2.45, 2.75) is 39.5 Å². The maximum Gasteiger partial charge on any atom is 0.190 e. The number of hydrogen-bond donors (Lipinski definition) is 0. The van der Waals surface area contributed by atoms with Gasteiger partial charge >= 0.3 is 0 Å². The minimum Gasteiger partial charge on any atom is -0.494 e.